The zero-order valence-corrected chi connectivity index (χ0v) is 14.0. The fourth-order valence-electron chi connectivity index (χ4n) is 3.24. The fraction of sp³-hybridized carbons (Fsp3) is 0.294. The fourth-order valence-corrected chi connectivity index (χ4v) is 3.24. The largest absolute Gasteiger partial charge is 0.497 e. The molecule has 0 spiro atoms. The van der Waals surface area contributed by atoms with Crippen molar-refractivity contribution in [1.82, 2.24) is 9.78 Å². The van der Waals surface area contributed by atoms with E-state index in [1.807, 2.05) is 6.92 Å². The SMILES string of the molecule is COc1ccc(N2C(=O)[C@@H]3C(c4cn(C)nc4C)=NO[C@H]3C2=O)cc1. The number of rotatable bonds is 3. The van der Waals surface area contributed by atoms with Crippen LogP contribution < -0.4 is 9.64 Å². The summed E-state index contributed by atoms with van der Waals surface area (Å²) in [6.45, 7) is 1.83. The van der Waals surface area contributed by atoms with Gasteiger partial charge in [-0.1, -0.05) is 5.16 Å². The summed E-state index contributed by atoms with van der Waals surface area (Å²) >= 11 is 0. The van der Waals surface area contributed by atoms with Gasteiger partial charge in [0.1, 0.15) is 17.4 Å². The molecule has 8 heteroatoms. The summed E-state index contributed by atoms with van der Waals surface area (Å²) in [4.78, 5) is 32.1. The molecule has 2 aromatic rings. The highest BCUT2D eigenvalue weighted by Crippen LogP contribution is 2.36. The summed E-state index contributed by atoms with van der Waals surface area (Å²) < 4.78 is 6.75. The first kappa shape index (κ1) is 15.4. The molecule has 2 atom stereocenters. The van der Waals surface area contributed by atoms with Crippen molar-refractivity contribution in [3.8, 4) is 5.75 Å². The van der Waals surface area contributed by atoms with E-state index in [0.717, 1.165) is 10.6 Å². The molecule has 128 valence electrons. The molecular weight excluding hydrogens is 324 g/mol. The molecule has 0 radical (unpaired) electrons. The Morgan fingerprint density at radius 2 is 1.88 bits per heavy atom. The van der Waals surface area contributed by atoms with E-state index in [-0.39, 0.29) is 5.91 Å². The molecule has 1 saturated heterocycles. The molecule has 4 rings (SSSR count). The van der Waals surface area contributed by atoms with Gasteiger partial charge in [-0.05, 0) is 31.2 Å². The van der Waals surface area contributed by atoms with Crippen LogP contribution >= 0.6 is 0 Å². The van der Waals surface area contributed by atoms with Crippen molar-refractivity contribution in [3.63, 3.8) is 0 Å². The average Bonchev–Trinajstić information content (AvgIpc) is 3.24. The second-order valence-electron chi connectivity index (χ2n) is 5.99. The third-order valence-electron chi connectivity index (χ3n) is 4.43. The van der Waals surface area contributed by atoms with E-state index in [1.165, 1.54) is 0 Å². The van der Waals surface area contributed by atoms with Crippen LogP contribution in [0.25, 0.3) is 0 Å². The monoisotopic (exact) mass is 340 g/mol. The highest BCUT2D eigenvalue weighted by molar-refractivity contribution is 6.32. The van der Waals surface area contributed by atoms with Gasteiger partial charge in [-0.2, -0.15) is 5.10 Å². The standard InChI is InChI=1S/C17H16N4O4/c1-9-12(8-20(2)18-9)14-13-15(25-19-14)17(23)21(16(13)22)10-4-6-11(24-3)7-5-10/h4-8,13,15H,1-3H3/t13-,15-/m1/s1. The van der Waals surface area contributed by atoms with Crippen LogP contribution in [0.3, 0.4) is 0 Å². The van der Waals surface area contributed by atoms with Crippen LogP contribution in [0.4, 0.5) is 5.69 Å². The van der Waals surface area contributed by atoms with Gasteiger partial charge in [0.25, 0.3) is 5.91 Å². The van der Waals surface area contributed by atoms with Crippen molar-refractivity contribution in [2.45, 2.75) is 13.0 Å². The van der Waals surface area contributed by atoms with E-state index in [4.69, 9.17) is 9.57 Å². The Kier molecular flexibility index (Phi) is 3.34. The number of hydrogen-bond acceptors (Lipinski definition) is 6. The summed E-state index contributed by atoms with van der Waals surface area (Å²) in [7, 11) is 3.34. The van der Waals surface area contributed by atoms with Gasteiger partial charge < -0.3 is 9.57 Å². The normalized spacial score (nSPS) is 22.0. The van der Waals surface area contributed by atoms with E-state index in [1.54, 1.807) is 49.3 Å². The smallest absolute Gasteiger partial charge is 0.278 e. The highest BCUT2D eigenvalue weighted by atomic mass is 16.6. The molecule has 1 aromatic heterocycles. The predicted octanol–water partition coefficient (Wildman–Crippen LogP) is 1.03. The molecule has 0 unspecified atom stereocenters. The van der Waals surface area contributed by atoms with Crippen molar-refractivity contribution in [3.05, 3.63) is 41.7 Å². The molecule has 3 heterocycles. The number of carbonyl (C=O) groups excluding carboxylic acids is 2. The number of imide groups is 1. The molecule has 2 aliphatic rings. The molecular formula is C17H16N4O4. The molecule has 0 N–H and O–H groups in total. The lowest BCUT2D eigenvalue weighted by Crippen LogP contribution is -2.33. The summed E-state index contributed by atoms with van der Waals surface area (Å²) in [5, 5.41) is 8.26. The van der Waals surface area contributed by atoms with Crippen molar-refractivity contribution in [2.75, 3.05) is 12.0 Å². The number of ether oxygens (including phenoxy) is 1. The molecule has 1 aromatic carbocycles. The van der Waals surface area contributed by atoms with Crippen molar-refractivity contribution in [2.24, 2.45) is 18.1 Å². The number of nitrogens with zero attached hydrogens (tertiary/aromatic N) is 4. The van der Waals surface area contributed by atoms with Gasteiger partial charge in [0.05, 0.1) is 18.5 Å². The minimum absolute atomic E-state index is 0.348. The molecule has 2 amide bonds. The summed E-state index contributed by atoms with van der Waals surface area (Å²) in [5.41, 5.74) is 2.38. The van der Waals surface area contributed by atoms with Crippen LogP contribution in [-0.2, 0) is 21.5 Å². The average molecular weight is 340 g/mol. The van der Waals surface area contributed by atoms with Crippen molar-refractivity contribution in [1.29, 1.82) is 0 Å². The number of aromatic nitrogens is 2. The van der Waals surface area contributed by atoms with Gasteiger partial charge in [-0.25, -0.2) is 4.90 Å². The van der Waals surface area contributed by atoms with E-state index >= 15 is 0 Å². The van der Waals surface area contributed by atoms with E-state index in [2.05, 4.69) is 10.3 Å². The molecule has 1 fully saturated rings. The van der Waals surface area contributed by atoms with E-state index < -0.39 is 17.9 Å². The lowest BCUT2D eigenvalue weighted by molar-refractivity contribution is -0.126. The maximum Gasteiger partial charge on any atom is 0.278 e. The zero-order chi connectivity index (χ0) is 17.7. The third kappa shape index (κ3) is 2.21. The molecule has 0 saturated carbocycles. The van der Waals surface area contributed by atoms with Gasteiger partial charge >= 0.3 is 0 Å². The number of hydrogen-bond donors (Lipinski definition) is 0. The number of carbonyl (C=O) groups is 2. The Balaban J connectivity index is 1.69. The first-order chi connectivity index (χ1) is 12.0. The molecule has 2 aliphatic heterocycles. The zero-order valence-electron chi connectivity index (χ0n) is 14.0. The quantitative estimate of drug-likeness (QED) is 0.779. The van der Waals surface area contributed by atoms with E-state index in [0.29, 0.717) is 22.7 Å². The first-order valence-electron chi connectivity index (χ1n) is 7.77. The lowest BCUT2D eigenvalue weighted by Gasteiger charge is -2.15. The third-order valence-corrected chi connectivity index (χ3v) is 4.43. The van der Waals surface area contributed by atoms with Crippen LogP contribution in [0.15, 0.2) is 35.6 Å². The molecule has 25 heavy (non-hydrogen) atoms. The Morgan fingerprint density at radius 3 is 2.48 bits per heavy atom. The number of benzene rings is 1. The van der Waals surface area contributed by atoms with Gasteiger partial charge in [0.2, 0.25) is 12.0 Å². The van der Waals surface area contributed by atoms with Crippen LogP contribution in [0.2, 0.25) is 0 Å². The van der Waals surface area contributed by atoms with E-state index in [9.17, 15) is 9.59 Å². The summed E-state index contributed by atoms with van der Waals surface area (Å²) in [5.74, 6) is -0.870. The minimum Gasteiger partial charge on any atom is -0.497 e. The number of methoxy groups -OCH3 is 1. The minimum atomic E-state index is -0.927. The van der Waals surface area contributed by atoms with Crippen molar-refractivity contribution < 1.29 is 19.2 Å². The van der Waals surface area contributed by atoms with Gasteiger partial charge in [0.15, 0.2) is 0 Å². The topological polar surface area (TPSA) is 86.0 Å². The van der Waals surface area contributed by atoms with Crippen LogP contribution in [0.5, 0.6) is 5.75 Å². The summed E-state index contributed by atoms with van der Waals surface area (Å²) in [6, 6.07) is 6.74. The van der Waals surface area contributed by atoms with Gasteiger partial charge in [0, 0.05) is 18.8 Å². The van der Waals surface area contributed by atoms with Gasteiger partial charge in [-0.15, -0.1) is 0 Å². The first-order valence-corrected chi connectivity index (χ1v) is 7.77. The molecule has 0 aliphatic carbocycles. The lowest BCUT2D eigenvalue weighted by atomic mass is 9.94. The summed E-state index contributed by atoms with van der Waals surface area (Å²) in [6.07, 6.45) is 0.845. The second-order valence-corrected chi connectivity index (χ2v) is 5.99. The number of aryl methyl sites for hydroxylation is 2. The number of anilines is 1. The maximum absolute atomic E-state index is 12.9. The number of oxime groups is 1. The Morgan fingerprint density at radius 1 is 1.16 bits per heavy atom. The number of fused-ring (bicyclic) bond motifs is 1. The van der Waals surface area contributed by atoms with Crippen LogP contribution in [0, 0.1) is 12.8 Å². The Bertz CT molecular complexity index is 900. The number of amides is 2. The Labute approximate surface area is 143 Å². The second kappa shape index (κ2) is 5.44. The predicted molar refractivity (Wildman–Crippen MR) is 88.3 cm³/mol. The van der Waals surface area contributed by atoms with Crippen LogP contribution in [0.1, 0.15) is 11.3 Å². The van der Waals surface area contributed by atoms with Gasteiger partial charge in [-0.3, -0.25) is 14.3 Å². The maximum atomic E-state index is 12.9. The van der Waals surface area contributed by atoms with Crippen molar-refractivity contribution >= 4 is 23.2 Å². The Hall–Kier alpha value is -3.16. The highest BCUT2D eigenvalue weighted by Gasteiger charge is 2.56. The molecule has 0 bridgehead atoms. The molecule has 8 nitrogen and oxygen atoms in total. The van der Waals surface area contributed by atoms with Crippen LogP contribution in [-0.4, -0.2) is 40.5 Å².